The van der Waals surface area contributed by atoms with Crippen LogP contribution in [0.2, 0.25) is 0 Å². The van der Waals surface area contributed by atoms with E-state index >= 15 is 0 Å². The summed E-state index contributed by atoms with van der Waals surface area (Å²) in [6, 6.07) is 22.7. The van der Waals surface area contributed by atoms with Crippen molar-refractivity contribution in [1.29, 1.82) is 0 Å². The van der Waals surface area contributed by atoms with Gasteiger partial charge in [-0.15, -0.1) is 0 Å². The molecule has 0 N–H and O–H groups in total. The minimum Gasteiger partial charge on any atom is -0.452 e. The van der Waals surface area contributed by atoms with Gasteiger partial charge in [0, 0.05) is 30.0 Å². The zero-order chi connectivity index (χ0) is 23.5. The first-order chi connectivity index (χ1) is 15.8. The van der Waals surface area contributed by atoms with Gasteiger partial charge in [0.05, 0.1) is 8.95 Å². The molecule has 4 aromatic rings. The third-order valence-corrected chi connectivity index (χ3v) is 10.9. The van der Waals surface area contributed by atoms with Crippen molar-refractivity contribution in [2.24, 2.45) is 0 Å². The molecule has 0 unspecified atom stereocenters. The molecule has 0 aliphatic carbocycles. The Kier molecular flexibility index (Phi) is 8.62. The summed E-state index contributed by atoms with van der Waals surface area (Å²) in [4.78, 5) is 0. The van der Waals surface area contributed by atoms with Gasteiger partial charge in [0.25, 0.3) is 0 Å². The number of hydrogen-bond donors (Lipinski definition) is 0. The van der Waals surface area contributed by atoms with Gasteiger partial charge in [0.1, 0.15) is 11.5 Å². The Morgan fingerprint density at radius 3 is 1.15 bits per heavy atom. The highest BCUT2D eigenvalue weighted by molar-refractivity contribution is 9.15. The maximum atomic E-state index is 6.41. The molecule has 0 fully saturated rings. The largest absolute Gasteiger partial charge is 0.452 e. The van der Waals surface area contributed by atoms with E-state index in [-0.39, 0.29) is 0 Å². The first-order valence-electron chi connectivity index (χ1n) is 9.33. The molecule has 4 rings (SSSR count). The molecule has 0 bridgehead atoms. The van der Waals surface area contributed by atoms with Crippen LogP contribution in [-0.2, 0) is 0 Å². The van der Waals surface area contributed by atoms with Crippen LogP contribution >= 0.6 is 95.6 Å². The molecule has 0 amide bonds. The van der Waals surface area contributed by atoms with Crippen molar-refractivity contribution in [3.05, 3.63) is 99.6 Å². The van der Waals surface area contributed by atoms with E-state index in [1.807, 2.05) is 72.8 Å². The van der Waals surface area contributed by atoms with E-state index in [0.29, 0.717) is 43.4 Å². The molecule has 4 aromatic carbocycles. The van der Waals surface area contributed by atoms with E-state index in [2.05, 4.69) is 95.6 Å². The van der Waals surface area contributed by atoms with Crippen LogP contribution in [0.25, 0.3) is 0 Å². The van der Waals surface area contributed by atoms with Crippen LogP contribution in [0.15, 0.2) is 99.6 Å². The van der Waals surface area contributed by atoms with Gasteiger partial charge in [-0.05, 0) is 120 Å². The molecule has 33 heavy (non-hydrogen) atoms. The molecule has 3 nitrogen and oxygen atoms in total. The molecule has 0 atom stereocenters. The van der Waals surface area contributed by atoms with E-state index in [4.69, 9.17) is 14.2 Å². The Bertz CT molecular complexity index is 1200. The van der Waals surface area contributed by atoms with Crippen molar-refractivity contribution in [2.45, 2.75) is 0 Å². The fourth-order valence-corrected chi connectivity index (χ4v) is 5.70. The number of benzene rings is 4. The average Bonchev–Trinajstić information content (AvgIpc) is 2.82. The van der Waals surface area contributed by atoms with E-state index in [1.165, 1.54) is 0 Å². The third kappa shape index (κ3) is 5.87. The Morgan fingerprint density at radius 2 is 0.788 bits per heavy atom. The first kappa shape index (κ1) is 25.3. The summed E-state index contributed by atoms with van der Waals surface area (Å²) < 4.78 is 23.4. The van der Waals surface area contributed by atoms with Gasteiger partial charge < -0.3 is 14.2 Å². The molecule has 0 spiro atoms. The highest BCUT2D eigenvalue weighted by atomic mass is 79.9. The second-order valence-corrected chi connectivity index (χ2v) is 11.4. The Morgan fingerprint density at radius 1 is 0.424 bits per heavy atom. The van der Waals surface area contributed by atoms with E-state index in [0.717, 1.165) is 17.9 Å². The van der Waals surface area contributed by atoms with E-state index in [1.54, 1.807) is 0 Å². The molecule has 0 saturated carbocycles. The van der Waals surface area contributed by atoms with Crippen molar-refractivity contribution >= 4 is 95.6 Å². The predicted octanol–water partition coefficient (Wildman–Crippen LogP) is 11.6. The van der Waals surface area contributed by atoms with Gasteiger partial charge in [0.2, 0.25) is 0 Å². The predicted molar refractivity (Wildman–Crippen MR) is 152 cm³/mol. The van der Waals surface area contributed by atoms with Crippen LogP contribution in [0.4, 0.5) is 0 Å². The number of ether oxygens (including phenoxy) is 3. The number of rotatable bonds is 6. The Labute approximate surface area is 241 Å². The summed E-state index contributed by atoms with van der Waals surface area (Å²) in [5.74, 6) is 3.35. The quantitative estimate of drug-likeness (QED) is 0.181. The molecule has 9 heteroatoms. The minimum absolute atomic E-state index is 0.486. The zero-order valence-electron chi connectivity index (χ0n) is 16.4. The lowest BCUT2D eigenvalue weighted by molar-refractivity contribution is 0.391. The van der Waals surface area contributed by atoms with Crippen LogP contribution in [0.3, 0.4) is 0 Å². The maximum absolute atomic E-state index is 6.41. The molecule has 0 saturated heterocycles. The summed E-state index contributed by atoms with van der Waals surface area (Å²) in [7, 11) is 0. The lowest BCUT2D eigenvalue weighted by atomic mass is 10.3. The van der Waals surface area contributed by atoms with Crippen molar-refractivity contribution in [3.8, 4) is 34.5 Å². The van der Waals surface area contributed by atoms with Crippen LogP contribution in [-0.4, -0.2) is 0 Å². The first-order valence-corrected chi connectivity index (χ1v) is 14.1. The smallest absolute Gasteiger partial charge is 0.185 e. The zero-order valence-corrected chi connectivity index (χ0v) is 25.9. The molecule has 0 aromatic heterocycles. The van der Waals surface area contributed by atoms with Crippen LogP contribution in [0.1, 0.15) is 0 Å². The van der Waals surface area contributed by atoms with Crippen LogP contribution in [0, 0.1) is 0 Å². The normalized spacial score (nSPS) is 10.7. The summed E-state index contributed by atoms with van der Waals surface area (Å²) in [6.45, 7) is 0. The summed E-state index contributed by atoms with van der Waals surface area (Å²) in [5, 5.41) is 0. The topological polar surface area (TPSA) is 27.7 Å². The SMILES string of the molecule is Brc1cc(Oc2cc(Br)c(Br)c(Br)c2Oc2ccccc2)c(Oc2ccccc2)c(Br)c1Br. The van der Waals surface area contributed by atoms with Gasteiger partial charge in [-0.2, -0.15) is 0 Å². The highest BCUT2D eigenvalue weighted by Gasteiger charge is 2.23. The average molecular weight is 828 g/mol. The maximum Gasteiger partial charge on any atom is 0.185 e. The fraction of sp³-hybridized carbons (Fsp3) is 0. The van der Waals surface area contributed by atoms with Gasteiger partial charge >= 0.3 is 0 Å². The lowest BCUT2D eigenvalue weighted by Gasteiger charge is -2.19. The molecular formula is C24H12Br6O3. The van der Waals surface area contributed by atoms with Gasteiger partial charge in [-0.25, -0.2) is 0 Å². The van der Waals surface area contributed by atoms with Gasteiger partial charge in [-0.1, -0.05) is 36.4 Å². The molecule has 0 aliphatic rings. The number of para-hydroxylation sites is 2. The van der Waals surface area contributed by atoms with Crippen LogP contribution in [0.5, 0.6) is 34.5 Å². The lowest BCUT2D eigenvalue weighted by Crippen LogP contribution is -1.96. The monoisotopic (exact) mass is 822 g/mol. The van der Waals surface area contributed by atoms with Gasteiger partial charge in [-0.3, -0.25) is 0 Å². The summed E-state index contributed by atoms with van der Waals surface area (Å²) in [5.41, 5.74) is 0. The highest BCUT2D eigenvalue weighted by Crippen LogP contribution is 2.52. The van der Waals surface area contributed by atoms with Crippen molar-refractivity contribution in [1.82, 2.24) is 0 Å². The molecule has 168 valence electrons. The molecule has 0 heterocycles. The van der Waals surface area contributed by atoms with Crippen molar-refractivity contribution in [2.75, 3.05) is 0 Å². The van der Waals surface area contributed by atoms with Crippen molar-refractivity contribution < 1.29 is 14.2 Å². The van der Waals surface area contributed by atoms with E-state index in [9.17, 15) is 0 Å². The molecule has 0 aliphatic heterocycles. The Hall–Kier alpha value is -0.840. The summed E-state index contributed by atoms with van der Waals surface area (Å²) >= 11 is 21.6. The van der Waals surface area contributed by atoms with Crippen LogP contribution < -0.4 is 14.2 Å². The van der Waals surface area contributed by atoms with Gasteiger partial charge in [0.15, 0.2) is 23.0 Å². The molecular weight excluding hydrogens is 816 g/mol. The van der Waals surface area contributed by atoms with E-state index < -0.39 is 0 Å². The summed E-state index contributed by atoms with van der Waals surface area (Å²) in [6.07, 6.45) is 0. The minimum atomic E-state index is 0.486. The third-order valence-electron chi connectivity index (χ3n) is 4.31. The number of hydrogen-bond acceptors (Lipinski definition) is 3. The standard InChI is InChI=1S/C24H12Br6O3/c25-15-11-17(23(21(29)19(15)27)31-13-7-3-1-4-8-13)33-18-12-16(26)20(28)22(30)24(18)32-14-9-5-2-6-10-14/h1-12H. The second-order valence-electron chi connectivity index (χ2n) is 6.56. The fourth-order valence-electron chi connectivity index (χ4n) is 2.79. The van der Waals surface area contributed by atoms with Crippen molar-refractivity contribution in [3.63, 3.8) is 0 Å². The number of halogens is 6. The molecule has 0 radical (unpaired) electrons. The second kappa shape index (κ2) is 11.3. The Balaban J connectivity index is 1.82.